The minimum Gasteiger partial charge on any atom is -0.492 e. The lowest BCUT2D eigenvalue weighted by molar-refractivity contribution is -0.141. The summed E-state index contributed by atoms with van der Waals surface area (Å²) in [4.78, 5) is 27.1. The Kier molecular flexibility index (Phi) is 7.64. The zero-order valence-corrected chi connectivity index (χ0v) is 18.9. The number of aliphatic carboxylic acids is 1. The molecule has 0 saturated carbocycles. The van der Waals surface area contributed by atoms with E-state index in [0.29, 0.717) is 36.8 Å². The van der Waals surface area contributed by atoms with Crippen molar-refractivity contribution in [3.63, 3.8) is 0 Å². The van der Waals surface area contributed by atoms with Gasteiger partial charge in [-0.3, -0.25) is 14.1 Å². The van der Waals surface area contributed by atoms with Crippen molar-refractivity contribution in [2.75, 3.05) is 46.6 Å². The van der Waals surface area contributed by atoms with E-state index in [4.69, 9.17) is 14.2 Å². The van der Waals surface area contributed by atoms with Gasteiger partial charge in [-0.25, -0.2) is 0 Å². The Hall–Kier alpha value is -2.48. The zero-order valence-electron chi connectivity index (χ0n) is 18.9. The van der Waals surface area contributed by atoms with E-state index in [-0.39, 0.29) is 23.7 Å². The van der Waals surface area contributed by atoms with Crippen LogP contribution in [0.5, 0.6) is 17.2 Å². The normalized spacial score (nSPS) is 21.8. The second-order valence-corrected chi connectivity index (χ2v) is 8.50. The SMILES string of the molecule is CCCCN(CCCC)C(=O)C[N+]1(c2cc(OC)c3c(c2)OCO3)CCC(C(=O)O)C1. The first-order valence-corrected chi connectivity index (χ1v) is 11.3. The van der Waals surface area contributed by atoms with Gasteiger partial charge in [0.05, 0.1) is 20.2 Å². The van der Waals surface area contributed by atoms with Gasteiger partial charge in [-0.1, -0.05) is 26.7 Å². The monoisotopic (exact) mass is 435 g/mol. The number of likely N-dealkylation sites (tertiary alicyclic amines) is 1. The van der Waals surface area contributed by atoms with E-state index in [9.17, 15) is 14.7 Å². The van der Waals surface area contributed by atoms with Gasteiger partial charge in [-0.05, 0) is 12.8 Å². The van der Waals surface area contributed by atoms with Crippen LogP contribution in [0.3, 0.4) is 0 Å². The predicted octanol–water partition coefficient (Wildman–Crippen LogP) is 3.26. The largest absolute Gasteiger partial charge is 0.492 e. The number of fused-ring (bicyclic) bond motifs is 1. The molecule has 0 radical (unpaired) electrons. The second-order valence-electron chi connectivity index (χ2n) is 8.50. The van der Waals surface area contributed by atoms with Gasteiger partial charge in [-0.2, -0.15) is 0 Å². The summed E-state index contributed by atoms with van der Waals surface area (Å²) < 4.78 is 16.9. The number of carbonyl (C=O) groups is 2. The lowest BCUT2D eigenvalue weighted by atomic mass is 10.1. The van der Waals surface area contributed by atoms with Crippen LogP contribution >= 0.6 is 0 Å². The molecule has 2 unspecified atom stereocenters. The lowest BCUT2D eigenvalue weighted by Gasteiger charge is -2.35. The lowest BCUT2D eigenvalue weighted by Crippen LogP contribution is -2.54. The van der Waals surface area contributed by atoms with Gasteiger partial charge in [0, 0.05) is 31.6 Å². The molecule has 31 heavy (non-hydrogen) atoms. The molecule has 172 valence electrons. The highest BCUT2D eigenvalue weighted by Gasteiger charge is 2.46. The van der Waals surface area contributed by atoms with E-state index in [1.807, 2.05) is 17.0 Å². The van der Waals surface area contributed by atoms with Gasteiger partial charge in [0.1, 0.15) is 11.6 Å². The fraction of sp³-hybridized carbons (Fsp3) is 0.652. The molecule has 2 aliphatic rings. The maximum Gasteiger partial charge on any atom is 0.312 e. The molecule has 1 N–H and O–H groups in total. The molecule has 1 amide bonds. The van der Waals surface area contributed by atoms with Crippen LogP contribution in [-0.4, -0.2) is 68.5 Å². The molecule has 1 saturated heterocycles. The van der Waals surface area contributed by atoms with Crippen LogP contribution in [0, 0.1) is 5.92 Å². The maximum atomic E-state index is 13.4. The molecule has 0 aliphatic carbocycles. The van der Waals surface area contributed by atoms with Crippen LogP contribution in [0.15, 0.2) is 12.1 Å². The number of quaternary nitrogens is 1. The first-order valence-electron chi connectivity index (χ1n) is 11.3. The fourth-order valence-corrected chi connectivity index (χ4v) is 4.49. The van der Waals surface area contributed by atoms with Crippen LogP contribution in [0.2, 0.25) is 0 Å². The number of amides is 1. The van der Waals surface area contributed by atoms with E-state index in [1.54, 1.807) is 7.11 Å². The van der Waals surface area contributed by atoms with E-state index in [2.05, 4.69) is 13.8 Å². The van der Waals surface area contributed by atoms with Crippen molar-refractivity contribution in [2.45, 2.75) is 46.0 Å². The summed E-state index contributed by atoms with van der Waals surface area (Å²) in [6, 6.07) is 3.75. The van der Waals surface area contributed by atoms with Crippen molar-refractivity contribution >= 4 is 17.6 Å². The fourth-order valence-electron chi connectivity index (χ4n) is 4.49. The number of unbranched alkanes of at least 4 members (excludes halogenated alkanes) is 2. The molecule has 0 aromatic heterocycles. The third-order valence-electron chi connectivity index (χ3n) is 6.37. The van der Waals surface area contributed by atoms with E-state index < -0.39 is 11.9 Å². The summed E-state index contributed by atoms with van der Waals surface area (Å²) in [6.07, 6.45) is 4.51. The Bertz CT molecular complexity index is 791. The van der Waals surface area contributed by atoms with E-state index in [0.717, 1.165) is 44.5 Å². The van der Waals surface area contributed by atoms with Gasteiger partial charge < -0.3 is 24.2 Å². The molecule has 8 heteroatoms. The molecular formula is C23H35N2O6+. The summed E-state index contributed by atoms with van der Waals surface area (Å²) in [6.45, 7) is 7.03. The van der Waals surface area contributed by atoms with Gasteiger partial charge >= 0.3 is 5.97 Å². The Morgan fingerprint density at radius 2 is 1.90 bits per heavy atom. The molecular weight excluding hydrogens is 400 g/mol. The van der Waals surface area contributed by atoms with Crippen molar-refractivity contribution in [1.82, 2.24) is 9.38 Å². The van der Waals surface area contributed by atoms with Gasteiger partial charge in [0.25, 0.3) is 5.91 Å². The Balaban J connectivity index is 1.93. The maximum absolute atomic E-state index is 13.4. The minimum absolute atomic E-state index is 0.0737. The molecule has 8 nitrogen and oxygen atoms in total. The molecule has 1 fully saturated rings. The number of nitrogens with zero attached hydrogens (tertiary/aromatic N) is 2. The van der Waals surface area contributed by atoms with Gasteiger partial charge in [0.2, 0.25) is 12.5 Å². The number of hydrogen-bond acceptors (Lipinski definition) is 5. The van der Waals surface area contributed by atoms with Crippen molar-refractivity contribution < 1.29 is 28.9 Å². The highest BCUT2D eigenvalue weighted by molar-refractivity contribution is 5.82. The average Bonchev–Trinajstić information content (AvgIpc) is 3.41. The molecule has 2 atom stereocenters. The molecule has 2 heterocycles. The van der Waals surface area contributed by atoms with E-state index >= 15 is 0 Å². The van der Waals surface area contributed by atoms with Crippen LogP contribution in [0.1, 0.15) is 46.0 Å². The second kappa shape index (κ2) is 10.2. The van der Waals surface area contributed by atoms with Crippen molar-refractivity contribution in [1.29, 1.82) is 0 Å². The highest BCUT2D eigenvalue weighted by Crippen LogP contribution is 2.47. The first kappa shape index (κ1) is 23.2. The summed E-state index contributed by atoms with van der Waals surface area (Å²) in [5, 5.41) is 9.65. The summed E-state index contributed by atoms with van der Waals surface area (Å²) in [7, 11) is 1.57. The van der Waals surface area contributed by atoms with E-state index in [1.165, 1.54) is 0 Å². The van der Waals surface area contributed by atoms with Crippen LogP contribution < -0.4 is 18.7 Å². The summed E-state index contributed by atoms with van der Waals surface area (Å²) >= 11 is 0. The number of rotatable bonds is 11. The first-order chi connectivity index (χ1) is 14.9. The molecule has 2 aliphatic heterocycles. The topological polar surface area (TPSA) is 85.3 Å². The van der Waals surface area contributed by atoms with Crippen molar-refractivity contribution in [2.24, 2.45) is 5.92 Å². The molecule has 0 spiro atoms. The number of methoxy groups -OCH3 is 1. The minimum atomic E-state index is -0.811. The quantitative estimate of drug-likeness (QED) is 0.537. The number of carboxylic acid groups (broad SMARTS) is 1. The standard InChI is InChI=1S/C23H34N2O6/c1-4-6-9-24(10-7-5-2)21(26)15-25(11-8-17(14-25)23(27)28)18-12-19(29-3)22-20(13-18)30-16-31-22/h12-13,17H,4-11,14-16H2,1-3H3/p+1. The molecule has 1 aromatic carbocycles. The van der Waals surface area contributed by atoms with Gasteiger partial charge in [-0.15, -0.1) is 0 Å². The molecule has 3 rings (SSSR count). The summed E-state index contributed by atoms with van der Waals surface area (Å²) in [5.74, 6) is 0.453. The zero-order chi connectivity index (χ0) is 22.4. The Labute approximate surface area is 184 Å². The van der Waals surface area contributed by atoms with Crippen LogP contribution in [0.4, 0.5) is 5.69 Å². The van der Waals surface area contributed by atoms with Crippen LogP contribution in [0.25, 0.3) is 0 Å². The number of carboxylic acids is 1. The number of ether oxygens (including phenoxy) is 3. The predicted molar refractivity (Wildman–Crippen MR) is 118 cm³/mol. The summed E-state index contributed by atoms with van der Waals surface area (Å²) in [5.41, 5.74) is 0.837. The van der Waals surface area contributed by atoms with Crippen molar-refractivity contribution in [3.05, 3.63) is 12.1 Å². The van der Waals surface area contributed by atoms with Crippen LogP contribution in [-0.2, 0) is 9.59 Å². The number of hydrogen-bond donors (Lipinski definition) is 1. The molecule has 0 bridgehead atoms. The third-order valence-corrected chi connectivity index (χ3v) is 6.37. The molecule has 1 aromatic rings. The highest BCUT2D eigenvalue weighted by atomic mass is 16.7. The average molecular weight is 436 g/mol. The number of benzene rings is 1. The third kappa shape index (κ3) is 5.06. The van der Waals surface area contributed by atoms with Gasteiger partial charge in [0.15, 0.2) is 18.0 Å². The smallest absolute Gasteiger partial charge is 0.312 e. The number of carbonyl (C=O) groups excluding carboxylic acids is 1. The Morgan fingerprint density at radius 3 is 2.48 bits per heavy atom. The van der Waals surface area contributed by atoms with Crippen molar-refractivity contribution in [3.8, 4) is 17.2 Å². The Morgan fingerprint density at radius 1 is 1.19 bits per heavy atom.